The Bertz CT molecular complexity index is 388. The highest BCUT2D eigenvalue weighted by Gasteiger charge is 2.40. The lowest BCUT2D eigenvalue weighted by Crippen LogP contribution is -2.18. The molecule has 66 valence electrons. The Morgan fingerprint density at radius 2 is 2.08 bits per heavy atom. The van der Waals surface area contributed by atoms with Crippen LogP contribution in [0.2, 0.25) is 0 Å². The molecule has 0 spiro atoms. The van der Waals surface area contributed by atoms with Crippen LogP contribution >= 0.6 is 0 Å². The number of hydrogen-bond donors (Lipinski definition) is 1. The first-order valence-electron chi connectivity index (χ1n) is 4.14. The quantitative estimate of drug-likeness (QED) is 0.707. The van der Waals surface area contributed by atoms with E-state index in [1.165, 1.54) is 12.1 Å². The lowest BCUT2D eigenvalue weighted by atomic mass is 10.0. The van der Waals surface area contributed by atoms with E-state index >= 15 is 0 Å². The van der Waals surface area contributed by atoms with Crippen molar-refractivity contribution in [2.75, 3.05) is 0 Å². The molecular weight excluding hydrogens is 167 g/mol. The summed E-state index contributed by atoms with van der Waals surface area (Å²) in [4.78, 5) is 0. The average Bonchev–Trinajstić information content (AvgIpc) is 2.84. The third-order valence-electron chi connectivity index (χ3n) is 2.39. The first-order chi connectivity index (χ1) is 6.14. The molecule has 2 rings (SSSR count). The van der Waals surface area contributed by atoms with Crippen molar-refractivity contribution in [1.29, 1.82) is 5.26 Å². The summed E-state index contributed by atoms with van der Waals surface area (Å²) in [6.45, 7) is 0. The van der Waals surface area contributed by atoms with E-state index < -0.39 is 0 Å². The molecule has 3 heteroatoms. The Labute approximate surface area is 75.8 Å². The van der Waals surface area contributed by atoms with Crippen LogP contribution in [-0.4, -0.2) is 0 Å². The lowest BCUT2D eigenvalue weighted by molar-refractivity contribution is 0.617. The first kappa shape index (κ1) is 8.21. The molecule has 0 radical (unpaired) electrons. The van der Waals surface area contributed by atoms with Crippen LogP contribution in [0.4, 0.5) is 4.39 Å². The molecule has 0 atom stereocenters. The fourth-order valence-electron chi connectivity index (χ4n) is 1.36. The topological polar surface area (TPSA) is 49.8 Å². The van der Waals surface area contributed by atoms with Crippen molar-refractivity contribution in [2.24, 2.45) is 5.73 Å². The van der Waals surface area contributed by atoms with Gasteiger partial charge in [0.15, 0.2) is 0 Å². The van der Waals surface area contributed by atoms with Gasteiger partial charge in [-0.2, -0.15) is 5.26 Å². The van der Waals surface area contributed by atoms with Gasteiger partial charge in [-0.1, -0.05) is 0 Å². The van der Waals surface area contributed by atoms with Crippen LogP contribution in [0, 0.1) is 17.1 Å². The van der Waals surface area contributed by atoms with Gasteiger partial charge in [0.2, 0.25) is 0 Å². The van der Waals surface area contributed by atoms with Crippen molar-refractivity contribution in [2.45, 2.75) is 18.4 Å². The Hall–Kier alpha value is -1.40. The van der Waals surface area contributed by atoms with Gasteiger partial charge in [-0.25, -0.2) is 4.39 Å². The van der Waals surface area contributed by atoms with Crippen molar-refractivity contribution in [1.82, 2.24) is 0 Å². The van der Waals surface area contributed by atoms with Gasteiger partial charge in [0.25, 0.3) is 0 Å². The summed E-state index contributed by atoms with van der Waals surface area (Å²) in [6, 6.07) is 6.20. The van der Waals surface area contributed by atoms with Gasteiger partial charge in [0.05, 0.1) is 11.6 Å². The van der Waals surface area contributed by atoms with Crippen LogP contribution in [0.3, 0.4) is 0 Å². The number of nitriles is 1. The highest BCUT2D eigenvalue weighted by Crippen LogP contribution is 2.42. The summed E-state index contributed by atoms with van der Waals surface area (Å²) in [7, 11) is 0. The molecule has 0 unspecified atom stereocenters. The van der Waals surface area contributed by atoms with Crippen LogP contribution in [-0.2, 0) is 5.54 Å². The summed E-state index contributed by atoms with van der Waals surface area (Å²) >= 11 is 0. The third-order valence-corrected chi connectivity index (χ3v) is 2.39. The minimum absolute atomic E-state index is 0.340. The van der Waals surface area contributed by atoms with Crippen LogP contribution in [0.25, 0.3) is 0 Å². The van der Waals surface area contributed by atoms with Gasteiger partial charge in [0, 0.05) is 5.54 Å². The highest BCUT2D eigenvalue weighted by molar-refractivity contribution is 5.39. The Morgan fingerprint density at radius 1 is 1.38 bits per heavy atom. The van der Waals surface area contributed by atoms with Crippen LogP contribution < -0.4 is 5.73 Å². The van der Waals surface area contributed by atoms with Gasteiger partial charge < -0.3 is 5.73 Å². The maximum atomic E-state index is 13.0. The molecule has 1 saturated carbocycles. The molecule has 1 aliphatic rings. The molecule has 0 heterocycles. The highest BCUT2D eigenvalue weighted by atomic mass is 19.1. The standard InChI is InChI=1S/C10H9FN2/c11-9-4-7(6-12)3-8(5-9)10(13)1-2-10/h3-5H,1-2,13H2. The maximum absolute atomic E-state index is 13.0. The van der Waals surface area contributed by atoms with E-state index in [9.17, 15) is 4.39 Å². The summed E-state index contributed by atoms with van der Waals surface area (Å²) in [5.41, 5.74) is 6.60. The second-order valence-corrected chi connectivity index (χ2v) is 3.50. The summed E-state index contributed by atoms with van der Waals surface area (Å²) < 4.78 is 13.0. The molecule has 2 nitrogen and oxygen atoms in total. The second kappa shape index (κ2) is 2.54. The van der Waals surface area contributed by atoms with E-state index in [4.69, 9.17) is 11.0 Å². The number of benzene rings is 1. The van der Waals surface area contributed by atoms with Crippen LogP contribution in [0.5, 0.6) is 0 Å². The molecule has 1 fully saturated rings. The largest absolute Gasteiger partial charge is 0.321 e. The second-order valence-electron chi connectivity index (χ2n) is 3.50. The van der Waals surface area contributed by atoms with Gasteiger partial charge in [0.1, 0.15) is 5.82 Å². The SMILES string of the molecule is N#Cc1cc(F)cc(C2(N)CC2)c1. The van der Waals surface area contributed by atoms with Gasteiger partial charge in [-0.3, -0.25) is 0 Å². The third kappa shape index (κ3) is 1.41. The smallest absolute Gasteiger partial charge is 0.124 e. The molecule has 1 aromatic rings. The average molecular weight is 176 g/mol. The molecule has 0 amide bonds. The molecule has 1 aliphatic carbocycles. The predicted molar refractivity (Wildman–Crippen MR) is 46.2 cm³/mol. The molecule has 13 heavy (non-hydrogen) atoms. The minimum atomic E-state index is -0.384. The van der Waals surface area contributed by atoms with Gasteiger partial charge >= 0.3 is 0 Å². The van der Waals surface area contributed by atoms with Crippen molar-refractivity contribution in [3.8, 4) is 6.07 Å². The fraction of sp³-hybridized carbons (Fsp3) is 0.300. The molecule has 0 bridgehead atoms. The van der Waals surface area contributed by atoms with E-state index in [0.717, 1.165) is 18.4 Å². The summed E-state index contributed by atoms with van der Waals surface area (Å²) in [5.74, 6) is -0.384. The first-order valence-corrected chi connectivity index (χ1v) is 4.14. The number of halogens is 1. The minimum Gasteiger partial charge on any atom is -0.321 e. The van der Waals surface area contributed by atoms with Crippen molar-refractivity contribution < 1.29 is 4.39 Å². The number of rotatable bonds is 1. The molecule has 2 N–H and O–H groups in total. The van der Waals surface area contributed by atoms with Gasteiger partial charge in [-0.15, -0.1) is 0 Å². The number of nitrogens with two attached hydrogens (primary N) is 1. The lowest BCUT2D eigenvalue weighted by Gasteiger charge is -2.08. The number of hydrogen-bond acceptors (Lipinski definition) is 2. The normalized spacial score (nSPS) is 17.9. The van der Waals surface area contributed by atoms with Crippen LogP contribution in [0.15, 0.2) is 18.2 Å². The number of nitrogens with zero attached hydrogens (tertiary/aromatic N) is 1. The summed E-state index contributed by atoms with van der Waals surface area (Å²) in [6.07, 6.45) is 1.75. The monoisotopic (exact) mass is 176 g/mol. The fourth-order valence-corrected chi connectivity index (χ4v) is 1.36. The summed E-state index contributed by atoms with van der Waals surface area (Å²) in [5, 5.41) is 8.62. The predicted octanol–water partition coefficient (Wildman–Crippen LogP) is 1.65. The Kier molecular flexibility index (Phi) is 1.61. The van der Waals surface area contributed by atoms with Crippen molar-refractivity contribution in [3.63, 3.8) is 0 Å². The van der Waals surface area contributed by atoms with E-state index in [0.29, 0.717) is 5.56 Å². The maximum Gasteiger partial charge on any atom is 0.124 e. The zero-order chi connectivity index (χ0) is 9.47. The van der Waals surface area contributed by atoms with E-state index in [2.05, 4.69) is 0 Å². The molecule has 1 aromatic carbocycles. The van der Waals surface area contributed by atoms with E-state index in [-0.39, 0.29) is 11.4 Å². The Balaban J connectivity index is 2.48. The van der Waals surface area contributed by atoms with E-state index in [1.54, 1.807) is 6.07 Å². The zero-order valence-electron chi connectivity index (χ0n) is 7.05. The van der Waals surface area contributed by atoms with Crippen molar-refractivity contribution >= 4 is 0 Å². The van der Waals surface area contributed by atoms with E-state index in [1.807, 2.05) is 6.07 Å². The molecular formula is C10H9FN2. The molecule has 0 saturated heterocycles. The zero-order valence-corrected chi connectivity index (χ0v) is 7.05. The van der Waals surface area contributed by atoms with Crippen LogP contribution in [0.1, 0.15) is 24.0 Å². The Morgan fingerprint density at radius 3 is 2.62 bits per heavy atom. The van der Waals surface area contributed by atoms with Crippen molar-refractivity contribution in [3.05, 3.63) is 35.1 Å². The molecule has 0 aliphatic heterocycles. The van der Waals surface area contributed by atoms with Gasteiger partial charge in [-0.05, 0) is 36.6 Å². The molecule has 0 aromatic heterocycles.